The first-order valence-corrected chi connectivity index (χ1v) is 9.25. The lowest BCUT2D eigenvalue weighted by Crippen LogP contribution is -2.27. The zero-order valence-electron chi connectivity index (χ0n) is 16.7. The minimum absolute atomic E-state index is 0.0705. The van der Waals surface area contributed by atoms with Crippen LogP contribution in [-0.4, -0.2) is 46.5 Å². The Bertz CT molecular complexity index is 978. The number of nitrogens with one attached hydrogen (secondary N) is 1. The molecule has 1 aliphatic rings. The molecular formula is C20H21F3N4O3. The van der Waals surface area contributed by atoms with E-state index in [1.54, 1.807) is 24.0 Å². The molecule has 1 N–H and O–H groups in total. The van der Waals surface area contributed by atoms with Gasteiger partial charge in [0.2, 0.25) is 11.8 Å². The number of halogens is 3. The predicted octanol–water partition coefficient (Wildman–Crippen LogP) is 2.73. The van der Waals surface area contributed by atoms with Crippen molar-refractivity contribution in [3.8, 4) is 5.88 Å². The number of hydrogen-bond acceptors (Lipinski definition) is 5. The number of fused-ring (bicyclic) bond motifs is 1. The molecule has 1 aliphatic heterocycles. The Kier molecular flexibility index (Phi) is 5.95. The van der Waals surface area contributed by atoms with Gasteiger partial charge in [0, 0.05) is 42.7 Å². The normalized spacial score (nSPS) is 14.5. The van der Waals surface area contributed by atoms with Crippen molar-refractivity contribution in [1.29, 1.82) is 0 Å². The summed E-state index contributed by atoms with van der Waals surface area (Å²) in [5.41, 5.74) is 2.84. The molecule has 0 saturated carbocycles. The summed E-state index contributed by atoms with van der Waals surface area (Å²) in [4.78, 5) is 34.5. The van der Waals surface area contributed by atoms with Crippen LogP contribution in [0.4, 0.5) is 13.2 Å². The fourth-order valence-corrected chi connectivity index (χ4v) is 3.31. The summed E-state index contributed by atoms with van der Waals surface area (Å²) in [6.45, 7) is 2.26. The molecule has 10 heteroatoms. The zero-order valence-corrected chi connectivity index (χ0v) is 16.7. The fraction of sp³-hybridized carbons (Fsp3) is 0.400. The Labute approximate surface area is 171 Å². The van der Waals surface area contributed by atoms with Gasteiger partial charge < -0.3 is 15.0 Å². The SMILES string of the molecule is CNC(=O)Cc1nccc2c1CN(C(C)c1cnc(OCC(F)(F)F)c(C)c1)C2=O. The molecule has 1 unspecified atom stereocenters. The van der Waals surface area contributed by atoms with Crippen LogP contribution in [0.15, 0.2) is 24.5 Å². The number of likely N-dealkylation sites (N-methyl/N-ethyl adjacent to an activating group) is 1. The number of amides is 2. The smallest absolute Gasteiger partial charge is 0.422 e. The Morgan fingerprint density at radius 2 is 2.10 bits per heavy atom. The highest BCUT2D eigenvalue weighted by atomic mass is 19.4. The van der Waals surface area contributed by atoms with E-state index in [0.717, 1.165) is 0 Å². The number of nitrogens with zero attached hydrogens (tertiary/aromatic N) is 3. The average Bonchev–Trinajstić information content (AvgIpc) is 3.03. The van der Waals surface area contributed by atoms with Gasteiger partial charge in [-0.1, -0.05) is 0 Å². The van der Waals surface area contributed by atoms with E-state index in [2.05, 4.69) is 15.3 Å². The number of carbonyl (C=O) groups excluding carboxylic acids is 2. The molecular weight excluding hydrogens is 401 g/mol. The van der Waals surface area contributed by atoms with Gasteiger partial charge in [-0.05, 0) is 31.5 Å². The monoisotopic (exact) mass is 422 g/mol. The van der Waals surface area contributed by atoms with E-state index in [1.807, 2.05) is 6.92 Å². The molecule has 0 aliphatic carbocycles. The second kappa shape index (κ2) is 8.29. The van der Waals surface area contributed by atoms with Crippen molar-refractivity contribution in [3.63, 3.8) is 0 Å². The highest BCUT2D eigenvalue weighted by Crippen LogP contribution is 2.33. The first kappa shape index (κ1) is 21.5. The van der Waals surface area contributed by atoms with E-state index in [1.165, 1.54) is 19.4 Å². The molecule has 1 atom stereocenters. The fourth-order valence-electron chi connectivity index (χ4n) is 3.31. The maximum absolute atomic E-state index is 12.9. The standard InChI is InChI=1S/C20H21F3N4O3/c1-11-6-13(8-26-18(11)30-10-20(21,22)23)12(2)27-9-15-14(19(27)29)4-5-25-16(15)7-17(28)24-3/h4-6,8,12H,7,9-10H2,1-3H3,(H,24,28). The molecule has 0 spiro atoms. The lowest BCUT2D eigenvalue weighted by molar-refractivity contribution is -0.154. The van der Waals surface area contributed by atoms with Gasteiger partial charge in [-0.3, -0.25) is 14.6 Å². The minimum atomic E-state index is -4.45. The Morgan fingerprint density at radius 1 is 1.37 bits per heavy atom. The molecule has 160 valence electrons. The molecule has 0 bridgehead atoms. The van der Waals surface area contributed by atoms with Crippen LogP contribution >= 0.6 is 0 Å². The van der Waals surface area contributed by atoms with Crippen LogP contribution in [0.1, 0.15) is 45.7 Å². The molecule has 30 heavy (non-hydrogen) atoms. The Hall–Kier alpha value is -3.17. The van der Waals surface area contributed by atoms with Crippen molar-refractivity contribution in [3.05, 3.63) is 52.5 Å². The lowest BCUT2D eigenvalue weighted by atomic mass is 10.1. The number of aryl methyl sites for hydroxylation is 1. The molecule has 0 radical (unpaired) electrons. The van der Waals surface area contributed by atoms with Gasteiger partial charge in [-0.15, -0.1) is 0 Å². The Balaban J connectivity index is 1.80. The number of alkyl halides is 3. The highest BCUT2D eigenvalue weighted by Gasteiger charge is 2.34. The van der Waals surface area contributed by atoms with Crippen LogP contribution in [0, 0.1) is 6.92 Å². The predicted molar refractivity (Wildman–Crippen MR) is 101 cm³/mol. The topological polar surface area (TPSA) is 84.4 Å². The first-order valence-electron chi connectivity index (χ1n) is 9.25. The van der Waals surface area contributed by atoms with Crippen molar-refractivity contribution >= 4 is 11.8 Å². The van der Waals surface area contributed by atoms with Gasteiger partial charge in [0.1, 0.15) is 0 Å². The van der Waals surface area contributed by atoms with Gasteiger partial charge in [0.05, 0.1) is 18.2 Å². The van der Waals surface area contributed by atoms with E-state index < -0.39 is 12.8 Å². The molecule has 2 amide bonds. The van der Waals surface area contributed by atoms with Gasteiger partial charge in [0.15, 0.2) is 6.61 Å². The summed E-state index contributed by atoms with van der Waals surface area (Å²) in [5, 5.41) is 2.54. The lowest BCUT2D eigenvalue weighted by Gasteiger charge is -2.25. The molecule has 0 aromatic carbocycles. The average molecular weight is 422 g/mol. The maximum atomic E-state index is 12.9. The van der Waals surface area contributed by atoms with Gasteiger partial charge in [-0.25, -0.2) is 4.98 Å². The number of aromatic nitrogens is 2. The molecule has 2 aromatic heterocycles. The summed E-state index contributed by atoms with van der Waals surface area (Å²) >= 11 is 0. The largest absolute Gasteiger partial charge is 0.468 e. The van der Waals surface area contributed by atoms with E-state index in [9.17, 15) is 22.8 Å². The van der Waals surface area contributed by atoms with Crippen LogP contribution < -0.4 is 10.1 Å². The zero-order chi connectivity index (χ0) is 22.1. The molecule has 7 nitrogen and oxygen atoms in total. The van der Waals surface area contributed by atoms with Gasteiger partial charge >= 0.3 is 6.18 Å². The van der Waals surface area contributed by atoms with Crippen molar-refractivity contribution < 1.29 is 27.5 Å². The second-order valence-electron chi connectivity index (χ2n) is 7.04. The number of ether oxygens (including phenoxy) is 1. The summed E-state index contributed by atoms with van der Waals surface area (Å²) in [5.74, 6) is -0.506. The quantitative estimate of drug-likeness (QED) is 0.774. The molecule has 3 rings (SSSR count). The van der Waals surface area contributed by atoms with E-state index in [-0.39, 0.29) is 36.7 Å². The van der Waals surface area contributed by atoms with Crippen molar-refractivity contribution in [1.82, 2.24) is 20.2 Å². The number of rotatable bonds is 6. The van der Waals surface area contributed by atoms with Crippen LogP contribution in [-0.2, 0) is 17.8 Å². The number of hydrogen-bond donors (Lipinski definition) is 1. The third-order valence-corrected chi connectivity index (χ3v) is 4.95. The third kappa shape index (κ3) is 4.52. The first-order chi connectivity index (χ1) is 14.1. The van der Waals surface area contributed by atoms with Gasteiger partial charge in [-0.2, -0.15) is 13.2 Å². The van der Waals surface area contributed by atoms with Crippen LogP contribution in [0.2, 0.25) is 0 Å². The van der Waals surface area contributed by atoms with Crippen molar-refractivity contribution in [2.45, 2.75) is 39.0 Å². The molecule has 0 saturated heterocycles. The van der Waals surface area contributed by atoms with E-state index >= 15 is 0 Å². The summed E-state index contributed by atoms with van der Waals surface area (Å²) < 4.78 is 41.8. The highest BCUT2D eigenvalue weighted by molar-refractivity contribution is 5.99. The molecule has 2 aromatic rings. The minimum Gasteiger partial charge on any atom is -0.468 e. The van der Waals surface area contributed by atoms with Crippen molar-refractivity contribution in [2.75, 3.05) is 13.7 Å². The molecule has 0 fully saturated rings. The third-order valence-electron chi connectivity index (χ3n) is 4.95. The van der Waals surface area contributed by atoms with Crippen LogP contribution in [0.5, 0.6) is 5.88 Å². The molecule has 3 heterocycles. The second-order valence-corrected chi connectivity index (χ2v) is 7.04. The van der Waals surface area contributed by atoms with Crippen molar-refractivity contribution in [2.24, 2.45) is 0 Å². The summed E-state index contributed by atoms with van der Waals surface area (Å²) in [7, 11) is 1.53. The number of pyridine rings is 2. The van der Waals surface area contributed by atoms with Crippen LogP contribution in [0.25, 0.3) is 0 Å². The van der Waals surface area contributed by atoms with Gasteiger partial charge in [0.25, 0.3) is 5.91 Å². The van der Waals surface area contributed by atoms with Crippen LogP contribution in [0.3, 0.4) is 0 Å². The maximum Gasteiger partial charge on any atom is 0.422 e. The number of carbonyl (C=O) groups is 2. The summed E-state index contributed by atoms with van der Waals surface area (Å²) in [6, 6.07) is 2.89. The Morgan fingerprint density at radius 3 is 2.73 bits per heavy atom. The van der Waals surface area contributed by atoms with E-state index in [4.69, 9.17) is 4.74 Å². The van der Waals surface area contributed by atoms with E-state index in [0.29, 0.717) is 27.9 Å². The summed E-state index contributed by atoms with van der Waals surface area (Å²) in [6.07, 6.45) is -1.47.